The largest absolute Gasteiger partial charge is 0.493 e. The molecule has 1 aliphatic heterocycles. The van der Waals surface area contributed by atoms with Gasteiger partial charge in [0.05, 0.1) is 14.2 Å². The van der Waals surface area contributed by atoms with Gasteiger partial charge in [-0.25, -0.2) is 0 Å². The lowest BCUT2D eigenvalue weighted by molar-refractivity contribution is -0.126. The Bertz CT molecular complexity index is 1080. The summed E-state index contributed by atoms with van der Waals surface area (Å²) in [6.07, 6.45) is 3.40. The maximum Gasteiger partial charge on any atom is 0.246 e. The smallest absolute Gasteiger partial charge is 0.246 e. The molecule has 0 saturated carbocycles. The summed E-state index contributed by atoms with van der Waals surface area (Å²) >= 11 is 0. The van der Waals surface area contributed by atoms with Crippen LogP contribution in [0.25, 0.3) is 6.08 Å². The highest BCUT2D eigenvalue weighted by Gasteiger charge is 2.20. The average molecular weight is 459 g/mol. The zero-order valence-corrected chi connectivity index (χ0v) is 19.6. The molecule has 0 bridgehead atoms. The van der Waals surface area contributed by atoms with E-state index < -0.39 is 0 Å². The fraction of sp³-hybridized carbons (Fsp3) is 0.250. The van der Waals surface area contributed by atoms with Crippen molar-refractivity contribution in [3.8, 4) is 17.2 Å². The van der Waals surface area contributed by atoms with E-state index in [0.717, 1.165) is 24.2 Å². The molecule has 6 heteroatoms. The lowest BCUT2D eigenvalue weighted by atomic mass is 10.1. The zero-order chi connectivity index (χ0) is 23.8. The number of amides is 1. The van der Waals surface area contributed by atoms with Crippen molar-refractivity contribution in [2.24, 2.45) is 0 Å². The molecule has 0 atom stereocenters. The number of carbonyl (C=O) groups excluding carboxylic acids is 1. The van der Waals surface area contributed by atoms with Gasteiger partial charge in [0, 0.05) is 37.9 Å². The van der Waals surface area contributed by atoms with Gasteiger partial charge in [0.15, 0.2) is 11.5 Å². The number of hydrogen-bond acceptors (Lipinski definition) is 5. The predicted octanol–water partition coefficient (Wildman–Crippen LogP) is 4.64. The van der Waals surface area contributed by atoms with Gasteiger partial charge in [0.1, 0.15) is 6.61 Å². The quantitative estimate of drug-likeness (QED) is 0.460. The molecule has 1 saturated heterocycles. The van der Waals surface area contributed by atoms with E-state index in [1.807, 2.05) is 65.6 Å². The first-order valence-electron chi connectivity index (χ1n) is 11.4. The number of methoxy groups -OCH3 is 2. The van der Waals surface area contributed by atoms with Gasteiger partial charge in [0.2, 0.25) is 11.7 Å². The van der Waals surface area contributed by atoms with Crippen molar-refractivity contribution in [3.63, 3.8) is 0 Å². The van der Waals surface area contributed by atoms with Gasteiger partial charge in [-0.2, -0.15) is 0 Å². The van der Waals surface area contributed by atoms with E-state index >= 15 is 0 Å². The first kappa shape index (κ1) is 23.2. The molecule has 176 valence electrons. The van der Waals surface area contributed by atoms with E-state index in [9.17, 15) is 4.79 Å². The molecule has 0 aliphatic carbocycles. The van der Waals surface area contributed by atoms with E-state index in [2.05, 4.69) is 17.0 Å². The third-order valence-electron chi connectivity index (χ3n) is 5.84. The summed E-state index contributed by atoms with van der Waals surface area (Å²) < 4.78 is 17.1. The van der Waals surface area contributed by atoms with Crippen molar-refractivity contribution in [1.82, 2.24) is 4.90 Å². The minimum absolute atomic E-state index is 0.00458. The molecular formula is C28H30N2O4. The summed E-state index contributed by atoms with van der Waals surface area (Å²) in [5.74, 6) is 1.64. The second-order valence-corrected chi connectivity index (χ2v) is 8.01. The third-order valence-corrected chi connectivity index (χ3v) is 5.84. The molecular weight excluding hydrogens is 428 g/mol. The Morgan fingerprint density at radius 1 is 0.853 bits per heavy atom. The SMILES string of the molecule is COc1cc(/C=C/C(=O)N2CCN(c3ccccc3)CC2)cc(OC)c1OCc1ccccc1. The monoisotopic (exact) mass is 458 g/mol. The van der Waals surface area contributed by atoms with Crippen molar-refractivity contribution >= 4 is 17.7 Å². The van der Waals surface area contributed by atoms with Crippen LogP contribution in [0.2, 0.25) is 0 Å². The number of nitrogens with zero attached hydrogens (tertiary/aromatic N) is 2. The van der Waals surface area contributed by atoms with Crippen LogP contribution in [0.15, 0.2) is 78.9 Å². The molecule has 6 nitrogen and oxygen atoms in total. The molecule has 1 fully saturated rings. The van der Waals surface area contributed by atoms with Crippen molar-refractivity contribution in [1.29, 1.82) is 0 Å². The fourth-order valence-electron chi connectivity index (χ4n) is 3.97. The topological polar surface area (TPSA) is 51.2 Å². The van der Waals surface area contributed by atoms with Crippen LogP contribution in [-0.2, 0) is 11.4 Å². The lowest BCUT2D eigenvalue weighted by Crippen LogP contribution is -2.48. The second kappa shape index (κ2) is 11.3. The van der Waals surface area contributed by atoms with Crippen molar-refractivity contribution in [3.05, 3.63) is 90.0 Å². The van der Waals surface area contributed by atoms with E-state index in [1.165, 1.54) is 5.69 Å². The molecule has 1 amide bonds. The van der Waals surface area contributed by atoms with E-state index in [-0.39, 0.29) is 5.91 Å². The second-order valence-electron chi connectivity index (χ2n) is 8.01. The Morgan fingerprint density at radius 3 is 2.03 bits per heavy atom. The number of hydrogen-bond donors (Lipinski definition) is 0. The van der Waals surface area contributed by atoms with Crippen molar-refractivity contribution in [2.75, 3.05) is 45.3 Å². The molecule has 4 rings (SSSR count). The van der Waals surface area contributed by atoms with E-state index in [4.69, 9.17) is 14.2 Å². The van der Waals surface area contributed by atoms with Gasteiger partial charge < -0.3 is 24.0 Å². The summed E-state index contributed by atoms with van der Waals surface area (Å²) in [4.78, 5) is 17.0. The Balaban J connectivity index is 1.40. The van der Waals surface area contributed by atoms with Crippen molar-refractivity contribution < 1.29 is 19.0 Å². The first-order valence-corrected chi connectivity index (χ1v) is 11.4. The number of piperazine rings is 1. The summed E-state index contributed by atoms with van der Waals surface area (Å²) in [6, 6.07) is 23.9. The van der Waals surface area contributed by atoms with Gasteiger partial charge in [0.25, 0.3) is 0 Å². The Hall–Kier alpha value is -3.93. The van der Waals surface area contributed by atoms with Gasteiger partial charge in [-0.15, -0.1) is 0 Å². The maximum atomic E-state index is 12.8. The molecule has 0 radical (unpaired) electrons. The number of para-hydroxylation sites is 1. The highest BCUT2D eigenvalue weighted by atomic mass is 16.5. The predicted molar refractivity (Wildman–Crippen MR) is 135 cm³/mol. The van der Waals surface area contributed by atoms with Gasteiger partial charge >= 0.3 is 0 Å². The standard InChI is InChI=1S/C28H30N2O4/c1-32-25-19-23(20-26(33-2)28(25)34-21-22-9-5-3-6-10-22)13-14-27(31)30-17-15-29(16-18-30)24-11-7-4-8-12-24/h3-14,19-20H,15-18,21H2,1-2H3/b14-13+. The highest BCUT2D eigenvalue weighted by molar-refractivity contribution is 5.92. The maximum absolute atomic E-state index is 12.8. The van der Waals surface area contributed by atoms with Crippen LogP contribution in [0.5, 0.6) is 17.2 Å². The van der Waals surface area contributed by atoms with Crippen LogP contribution in [-0.4, -0.2) is 51.2 Å². The number of anilines is 1. The van der Waals surface area contributed by atoms with E-state index in [0.29, 0.717) is 36.9 Å². The van der Waals surface area contributed by atoms with Gasteiger partial charge in [-0.1, -0.05) is 48.5 Å². The summed E-state index contributed by atoms with van der Waals surface area (Å²) in [5.41, 5.74) is 3.05. The average Bonchev–Trinajstić information content (AvgIpc) is 2.91. The zero-order valence-electron chi connectivity index (χ0n) is 19.6. The summed E-state index contributed by atoms with van der Waals surface area (Å²) in [7, 11) is 3.18. The molecule has 0 spiro atoms. The molecule has 0 N–H and O–H groups in total. The number of rotatable bonds is 8. The first-order chi connectivity index (χ1) is 16.7. The Labute approximate surface area is 201 Å². The van der Waals surface area contributed by atoms with Crippen LogP contribution in [0.4, 0.5) is 5.69 Å². The molecule has 0 aromatic heterocycles. The van der Waals surface area contributed by atoms with Gasteiger partial charge in [-0.3, -0.25) is 4.79 Å². The summed E-state index contributed by atoms with van der Waals surface area (Å²) in [5, 5.41) is 0. The highest BCUT2D eigenvalue weighted by Crippen LogP contribution is 2.39. The lowest BCUT2D eigenvalue weighted by Gasteiger charge is -2.35. The third kappa shape index (κ3) is 5.70. The Morgan fingerprint density at radius 2 is 1.44 bits per heavy atom. The van der Waals surface area contributed by atoms with Crippen LogP contribution < -0.4 is 19.1 Å². The normalized spacial score (nSPS) is 13.7. The summed E-state index contributed by atoms with van der Waals surface area (Å²) in [6.45, 7) is 3.42. The van der Waals surface area contributed by atoms with Crippen LogP contribution in [0, 0.1) is 0 Å². The van der Waals surface area contributed by atoms with Crippen LogP contribution in [0.3, 0.4) is 0 Å². The molecule has 3 aromatic rings. The van der Waals surface area contributed by atoms with Gasteiger partial charge in [-0.05, 0) is 41.5 Å². The molecule has 0 unspecified atom stereocenters. The minimum atomic E-state index is -0.00458. The fourth-order valence-corrected chi connectivity index (χ4v) is 3.97. The minimum Gasteiger partial charge on any atom is -0.493 e. The molecule has 3 aromatic carbocycles. The molecule has 1 heterocycles. The van der Waals surface area contributed by atoms with Crippen LogP contribution >= 0.6 is 0 Å². The number of carbonyl (C=O) groups is 1. The molecule has 1 aliphatic rings. The van der Waals surface area contributed by atoms with E-state index in [1.54, 1.807) is 26.4 Å². The Kier molecular flexibility index (Phi) is 7.71. The van der Waals surface area contributed by atoms with Crippen LogP contribution in [0.1, 0.15) is 11.1 Å². The van der Waals surface area contributed by atoms with Crippen molar-refractivity contribution in [2.45, 2.75) is 6.61 Å². The number of benzene rings is 3. The molecule has 34 heavy (non-hydrogen) atoms. The number of ether oxygens (including phenoxy) is 3.